The fourth-order valence-electron chi connectivity index (χ4n) is 1.50. The zero-order valence-corrected chi connectivity index (χ0v) is 7.27. The van der Waals surface area contributed by atoms with Crippen molar-refractivity contribution in [3.05, 3.63) is 36.9 Å². The van der Waals surface area contributed by atoms with E-state index in [4.69, 9.17) is 4.42 Å². The largest absolute Gasteiger partial charge is 0.464 e. The van der Waals surface area contributed by atoms with Crippen LogP contribution < -0.4 is 0 Å². The highest BCUT2D eigenvalue weighted by atomic mass is 16.3. The summed E-state index contributed by atoms with van der Waals surface area (Å²) in [5, 5.41) is 7.66. The van der Waals surface area contributed by atoms with Crippen molar-refractivity contribution in [2.45, 2.75) is 0 Å². The number of para-hydroxylation sites is 1. The van der Waals surface area contributed by atoms with Crippen molar-refractivity contribution in [1.82, 2.24) is 15.2 Å². The molecular weight excluding hydrogens is 178 g/mol. The Kier molecular flexibility index (Phi) is 1.41. The third kappa shape index (κ3) is 0.939. The molecule has 0 fully saturated rings. The van der Waals surface area contributed by atoms with Crippen LogP contribution in [0.25, 0.3) is 22.4 Å². The molecule has 3 aromatic rings. The van der Waals surface area contributed by atoms with E-state index in [9.17, 15) is 0 Å². The second-order valence-corrected chi connectivity index (χ2v) is 2.98. The lowest BCUT2D eigenvalue weighted by Crippen LogP contribution is -1.77. The van der Waals surface area contributed by atoms with Crippen LogP contribution >= 0.6 is 0 Å². The van der Waals surface area contributed by atoms with Crippen molar-refractivity contribution in [3.8, 4) is 11.4 Å². The van der Waals surface area contributed by atoms with Gasteiger partial charge in [0.1, 0.15) is 18.2 Å². The van der Waals surface area contributed by atoms with Gasteiger partial charge in [0.25, 0.3) is 0 Å². The van der Waals surface area contributed by atoms with Gasteiger partial charge in [0.05, 0.1) is 5.56 Å². The lowest BCUT2D eigenvalue weighted by molar-refractivity contribution is 0.616. The molecule has 0 aliphatic heterocycles. The predicted molar refractivity (Wildman–Crippen MR) is 51.6 cm³/mol. The van der Waals surface area contributed by atoms with E-state index in [1.807, 2.05) is 24.3 Å². The van der Waals surface area contributed by atoms with E-state index in [0.717, 1.165) is 22.4 Å². The van der Waals surface area contributed by atoms with Crippen LogP contribution in [0.2, 0.25) is 0 Å². The van der Waals surface area contributed by atoms with Crippen molar-refractivity contribution >= 4 is 11.0 Å². The monoisotopic (exact) mass is 185 g/mol. The highest BCUT2D eigenvalue weighted by Crippen LogP contribution is 2.27. The molecule has 0 spiro atoms. The van der Waals surface area contributed by atoms with Crippen molar-refractivity contribution in [1.29, 1.82) is 0 Å². The molecule has 68 valence electrons. The van der Waals surface area contributed by atoms with Crippen LogP contribution in [0.4, 0.5) is 0 Å². The number of nitrogens with one attached hydrogen (secondary N) is 1. The minimum Gasteiger partial charge on any atom is -0.464 e. The number of rotatable bonds is 1. The molecule has 0 radical (unpaired) electrons. The molecule has 1 aromatic carbocycles. The number of fused-ring (bicyclic) bond motifs is 1. The Morgan fingerprint density at radius 1 is 1.21 bits per heavy atom. The number of aromatic amines is 1. The molecule has 0 unspecified atom stereocenters. The maximum Gasteiger partial charge on any atom is 0.159 e. The lowest BCUT2D eigenvalue weighted by Gasteiger charge is -1.90. The van der Waals surface area contributed by atoms with E-state index < -0.39 is 0 Å². The second-order valence-electron chi connectivity index (χ2n) is 2.98. The van der Waals surface area contributed by atoms with Gasteiger partial charge in [-0.3, -0.25) is 5.10 Å². The molecule has 0 aliphatic rings. The first kappa shape index (κ1) is 7.32. The van der Waals surface area contributed by atoms with Crippen molar-refractivity contribution in [3.63, 3.8) is 0 Å². The summed E-state index contributed by atoms with van der Waals surface area (Å²) >= 11 is 0. The lowest BCUT2D eigenvalue weighted by atomic mass is 10.2. The Hall–Kier alpha value is -2.10. The van der Waals surface area contributed by atoms with Crippen LogP contribution in [0.5, 0.6) is 0 Å². The summed E-state index contributed by atoms with van der Waals surface area (Å²) in [6.07, 6.45) is 3.17. The SMILES string of the molecule is c1ccc2c(-c3ncn[nH]3)coc2c1. The minimum atomic E-state index is 0.731. The number of aromatic nitrogens is 3. The van der Waals surface area contributed by atoms with E-state index in [1.165, 1.54) is 6.33 Å². The first-order valence-electron chi connectivity index (χ1n) is 4.27. The summed E-state index contributed by atoms with van der Waals surface area (Å²) in [5.74, 6) is 0.731. The molecule has 0 bridgehead atoms. The van der Waals surface area contributed by atoms with Gasteiger partial charge in [0.2, 0.25) is 0 Å². The zero-order chi connectivity index (χ0) is 9.38. The van der Waals surface area contributed by atoms with E-state index in [-0.39, 0.29) is 0 Å². The summed E-state index contributed by atoms with van der Waals surface area (Å²) < 4.78 is 5.39. The smallest absolute Gasteiger partial charge is 0.159 e. The summed E-state index contributed by atoms with van der Waals surface area (Å²) in [7, 11) is 0. The highest BCUT2D eigenvalue weighted by Gasteiger charge is 2.08. The van der Waals surface area contributed by atoms with Gasteiger partial charge in [0, 0.05) is 5.39 Å². The molecule has 2 heterocycles. The molecule has 0 saturated carbocycles. The van der Waals surface area contributed by atoms with Crippen LogP contribution in [-0.4, -0.2) is 15.2 Å². The third-order valence-electron chi connectivity index (χ3n) is 2.15. The topological polar surface area (TPSA) is 54.7 Å². The van der Waals surface area contributed by atoms with Crippen LogP contribution in [0.3, 0.4) is 0 Å². The number of nitrogens with zero attached hydrogens (tertiary/aromatic N) is 2. The standard InChI is InChI=1S/C10H7N3O/c1-2-4-9-7(3-1)8(5-14-9)10-11-6-12-13-10/h1-6H,(H,11,12,13). The summed E-state index contributed by atoms with van der Waals surface area (Å²) in [4.78, 5) is 4.08. The molecule has 0 atom stereocenters. The van der Waals surface area contributed by atoms with Crippen LogP contribution in [0.1, 0.15) is 0 Å². The van der Waals surface area contributed by atoms with Crippen molar-refractivity contribution in [2.24, 2.45) is 0 Å². The second kappa shape index (κ2) is 2.70. The Balaban J connectivity index is 2.33. The summed E-state index contributed by atoms with van der Waals surface area (Å²) in [5.41, 5.74) is 1.80. The van der Waals surface area contributed by atoms with Gasteiger partial charge in [-0.2, -0.15) is 5.10 Å². The molecule has 0 aliphatic carbocycles. The first-order chi connectivity index (χ1) is 6.95. The first-order valence-corrected chi connectivity index (χ1v) is 4.27. The minimum absolute atomic E-state index is 0.731. The molecule has 4 nitrogen and oxygen atoms in total. The van der Waals surface area contributed by atoms with Crippen molar-refractivity contribution in [2.75, 3.05) is 0 Å². The number of hydrogen-bond acceptors (Lipinski definition) is 3. The average molecular weight is 185 g/mol. The van der Waals surface area contributed by atoms with Gasteiger partial charge in [-0.1, -0.05) is 18.2 Å². The van der Waals surface area contributed by atoms with E-state index in [2.05, 4.69) is 15.2 Å². The summed E-state index contributed by atoms with van der Waals surface area (Å²) in [6.45, 7) is 0. The van der Waals surface area contributed by atoms with Gasteiger partial charge in [-0.25, -0.2) is 4.98 Å². The Morgan fingerprint density at radius 3 is 3.00 bits per heavy atom. The Morgan fingerprint density at radius 2 is 2.14 bits per heavy atom. The summed E-state index contributed by atoms with van der Waals surface area (Å²) in [6, 6.07) is 7.83. The van der Waals surface area contributed by atoms with Crippen LogP contribution in [-0.2, 0) is 0 Å². The van der Waals surface area contributed by atoms with Gasteiger partial charge in [-0.05, 0) is 6.07 Å². The van der Waals surface area contributed by atoms with Gasteiger partial charge >= 0.3 is 0 Å². The number of H-pyrrole nitrogens is 1. The van der Waals surface area contributed by atoms with Gasteiger partial charge in [-0.15, -0.1) is 0 Å². The fraction of sp³-hybridized carbons (Fsp3) is 0. The van der Waals surface area contributed by atoms with Gasteiger partial charge < -0.3 is 4.42 Å². The molecule has 14 heavy (non-hydrogen) atoms. The zero-order valence-electron chi connectivity index (χ0n) is 7.27. The molecule has 4 heteroatoms. The molecular formula is C10H7N3O. The molecule has 2 aromatic heterocycles. The maximum atomic E-state index is 5.39. The van der Waals surface area contributed by atoms with E-state index >= 15 is 0 Å². The molecule has 0 saturated heterocycles. The number of benzene rings is 1. The van der Waals surface area contributed by atoms with Crippen molar-refractivity contribution < 1.29 is 4.42 Å². The van der Waals surface area contributed by atoms with Gasteiger partial charge in [0.15, 0.2) is 5.82 Å². The Labute approximate surface area is 79.6 Å². The molecule has 0 amide bonds. The molecule has 1 N–H and O–H groups in total. The average Bonchev–Trinajstić information content (AvgIpc) is 2.85. The quantitative estimate of drug-likeness (QED) is 0.632. The third-order valence-corrected chi connectivity index (χ3v) is 2.15. The maximum absolute atomic E-state index is 5.39. The Bertz CT molecular complexity index is 554. The highest BCUT2D eigenvalue weighted by molar-refractivity contribution is 5.91. The van der Waals surface area contributed by atoms with E-state index in [1.54, 1.807) is 6.26 Å². The molecule has 3 rings (SSSR count). The normalized spacial score (nSPS) is 10.9. The predicted octanol–water partition coefficient (Wildman–Crippen LogP) is 2.22. The van der Waals surface area contributed by atoms with Crippen LogP contribution in [0, 0.1) is 0 Å². The number of furan rings is 1. The fourth-order valence-corrected chi connectivity index (χ4v) is 1.50. The van der Waals surface area contributed by atoms with E-state index in [0.29, 0.717) is 0 Å². The van der Waals surface area contributed by atoms with Crippen LogP contribution in [0.15, 0.2) is 41.3 Å². The number of hydrogen-bond donors (Lipinski definition) is 1.